The average Bonchev–Trinajstić information content (AvgIpc) is 3.36. The van der Waals surface area contributed by atoms with Gasteiger partial charge in [-0.3, -0.25) is 19.5 Å². The Morgan fingerprint density at radius 1 is 1.08 bits per heavy atom. The highest BCUT2D eigenvalue weighted by molar-refractivity contribution is 7.99. The molecular weight excluding hydrogens is 492 g/mol. The molecule has 0 radical (unpaired) electrons. The van der Waals surface area contributed by atoms with Crippen LogP contribution in [0.25, 0.3) is 23.2 Å². The van der Waals surface area contributed by atoms with Crippen LogP contribution in [0.3, 0.4) is 0 Å². The summed E-state index contributed by atoms with van der Waals surface area (Å²) in [6.07, 6.45) is 4.42. The summed E-state index contributed by atoms with van der Waals surface area (Å²) in [5, 5.41) is 24.2. The summed E-state index contributed by atoms with van der Waals surface area (Å²) in [5.74, 6) is 1.08. The fraction of sp³-hybridized carbons (Fsp3) is 0.0769. The smallest absolute Gasteiger partial charge is 0.276 e. The van der Waals surface area contributed by atoms with Crippen molar-refractivity contribution in [3.63, 3.8) is 0 Å². The quantitative estimate of drug-likeness (QED) is 0.140. The Balaban J connectivity index is 1.42. The van der Waals surface area contributed by atoms with E-state index >= 15 is 0 Å². The molecule has 0 fully saturated rings. The van der Waals surface area contributed by atoms with E-state index in [0.717, 1.165) is 17.0 Å². The lowest BCUT2D eigenvalue weighted by Crippen LogP contribution is -2.19. The molecule has 0 saturated carbocycles. The lowest BCUT2D eigenvalue weighted by molar-refractivity contribution is -0.385. The predicted molar refractivity (Wildman–Crippen MR) is 143 cm³/mol. The third-order valence-electron chi connectivity index (χ3n) is 5.09. The number of hydrazone groups is 1. The molecule has 0 unspecified atom stereocenters. The van der Waals surface area contributed by atoms with Gasteiger partial charge in [0.1, 0.15) is 5.75 Å². The van der Waals surface area contributed by atoms with Crippen LogP contribution in [-0.4, -0.2) is 44.7 Å². The van der Waals surface area contributed by atoms with Crippen LogP contribution in [-0.2, 0) is 4.79 Å². The van der Waals surface area contributed by atoms with Crippen molar-refractivity contribution in [2.45, 2.75) is 5.16 Å². The van der Waals surface area contributed by atoms with Crippen LogP contribution in [0, 0.1) is 10.1 Å². The Kier molecular flexibility index (Phi) is 8.40. The first-order chi connectivity index (χ1) is 18.1. The monoisotopic (exact) mass is 514 g/mol. The maximum Gasteiger partial charge on any atom is 0.276 e. The number of hydrogen-bond donors (Lipinski definition) is 1. The number of rotatable bonds is 10. The molecule has 0 atom stereocenters. The maximum atomic E-state index is 12.4. The van der Waals surface area contributed by atoms with Gasteiger partial charge in [-0.1, -0.05) is 42.1 Å². The molecule has 1 aromatic heterocycles. The van der Waals surface area contributed by atoms with Gasteiger partial charge in [0, 0.05) is 23.5 Å². The number of nitro groups is 1. The van der Waals surface area contributed by atoms with E-state index in [1.807, 2.05) is 59.2 Å². The molecule has 11 heteroatoms. The molecule has 0 aliphatic rings. The Morgan fingerprint density at radius 3 is 2.54 bits per heavy atom. The van der Waals surface area contributed by atoms with E-state index < -0.39 is 4.92 Å². The fourth-order valence-electron chi connectivity index (χ4n) is 3.36. The van der Waals surface area contributed by atoms with Crippen molar-refractivity contribution in [3.05, 3.63) is 101 Å². The molecular formula is C26H22N6O4S. The number of allylic oxidation sites excluding steroid dienone is 1. The van der Waals surface area contributed by atoms with Crippen molar-refractivity contribution in [1.82, 2.24) is 20.2 Å². The third kappa shape index (κ3) is 6.47. The maximum absolute atomic E-state index is 12.4. The zero-order valence-electron chi connectivity index (χ0n) is 19.7. The van der Waals surface area contributed by atoms with Crippen molar-refractivity contribution < 1.29 is 14.5 Å². The summed E-state index contributed by atoms with van der Waals surface area (Å²) in [7, 11) is 1.61. The lowest BCUT2D eigenvalue weighted by atomic mass is 10.2. The summed E-state index contributed by atoms with van der Waals surface area (Å²) in [5.41, 5.74) is 4.58. The van der Waals surface area contributed by atoms with Gasteiger partial charge >= 0.3 is 0 Å². The third-order valence-corrected chi connectivity index (χ3v) is 6.02. The SMILES string of the molecule is COc1ccc(-c2nnc(SCC(=O)NN=CC=Cc3ccccc3[N+](=O)[O-])n2-c2ccccc2)cc1. The van der Waals surface area contributed by atoms with E-state index in [0.29, 0.717) is 16.5 Å². The van der Waals surface area contributed by atoms with Gasteiger partial charge in [0.2, 0.25) is 0 Å². The number of amides is 1. The molecule has 0 aliphatic heterocycles. The summed E-state index contributed by atoms with van der Waals surface area (Å²) in [4.78, 5) is 23.0. The standard InChI is InChI=1S/C26H22N6O4S/c1-36-22-15-13-20(14-16-22)25-29-30-26(31(25)21-10-3-2-4-11-21)37-18-24(33)28-27-17-7-9-19-8-5-6-12-23(19)32(34)35/h2-17H,18H2,1H3,(H,28,33). The number of methoxy groups -OCH3 is 1. The van der Waals surface area contributed by atoms with Crippen molar-refractivity contribution in [2.24, 2.45) is 5.10 Å². The molecule has 0 bridgehead atoms. The van der Waals surface area contributed by atoms with Crippen LogP contribution in [0.15, 0.2) is 95.2 Å². The van der Waals surface area contributed by atoms with Gasteiger partial charge in [-0.05, 0) is 54.6 Å². The molecule has 1 heterocycles. The number of nitro benzene ring substituents is 1. The minimum Gasteiger partial charge on any atom is -0.497 e. The zero-order chi connectivity index (χ0) is 26.0. The molecule has 10 nitrogen and oxygen atoms in total. The first kappa shape index (κ1) is 25.3. The van der Waals surface area contributed by atoms with Crippen molar-refractivity contribution in [1.29, 1.82) is 0 Å². The molecule has 3 aromatic carbocycles. The number of carbonyl (C=O) groups is 1. The highest BCUT2D eigenvalue weighted by Crippen LogP contribution is 2.29. The van der Waals surface area contributed by atoms with Crippen LogP contribution in [0.4, 0.5) is 5.69 Å². The predicted octanol–water partition coefficient (Wildman–Crippen LogP) is 4.76. The number of ether oxygens (including phenoxy) is 1. The van der Waals surface area contributed by atoms with E-state index in [1.54, 1.807) is 31.4 Å². The minimum atomic E-state index is -0.454. The number of aromatic nitrogens is 3. The fourth-order valence-corrected chi connectivity index (χ4v) is 4.10. The normalized spacial score (nSPS) is 11.2. The van der Waals surface area contributed by atoms with Crippen molar-refractivity contribution in [3.8, 4) is 22.8 Å². The molecule has 4 aromatic rings. The second-order valence-corrected chi connectivity index (χ2v) is 8.43. The van der Waals surface area contributed by atoms with Crippen molar-refractivity contribution in [2.75, 3.05) is 12.9 Å². The van der Waals surface area contributed by atoms with Crippen LogP contribution in [0.2, 0.25) is 0 Å². The summed E-state index contributed by atoms with van der Waals surface area (Å²) >= 11 is 1.22. The second kappa shape index (κ2) is 12.3. The van der Waals surface area contributed by atoms with Gasteiger partial charge in [0.05, 0.1) is 23.3 Å². The largest absolute Gasteiger partial charge is 0.497 e. The highest BCUT2D eigenvalue weighted by atomic mass is 32.2. The molecule has 0 aliphatic carbocycles. The number of carbonyl (C=O) groups excluding carboxylic acids is 1. The van der Waals surface area contributed by atoms with Gasteiger partial charge < -0.3 is 4.74 Å². The molecule has 186 valence electrons. The number of thioether (sulfide) groups is 1. The summed E-state index contributed by atoms with van der Waals surface area (Å²) < 4.78 is 7.13. The number of para-hydroxylation sites is 2. The molecule has 1 N–H and O–H groups in total. The van der Waals surface area contributed by atoms with Crippen molar-refractivity contribution >= 4 is 35.6 Å². The Morgan fingerprint density at radius 2 is 1.81 bits per heavy atom. The average molecular weight is 515 g/mol. The van der Waals surface area contributed by atoms with Crippen LogP contribution in [0.5, 0.6) is 5.75 Å². The molecule has 37 heavy (non-hydrogen) atoms. The van der Waals surface area contributed by atoms with Gasteiger partial charge in [-0.15, -0.1) is 10.2 Å². The van der Waals surface area contributed by atoms with E-state index in [1.165, 1.54) is 30.1 Å². The number of benzene rings is 3. The Bertz CT molecular complexity index is 1440. The molecule has 1 amide bonds. The zero-order valence-corrected chi connectivity index (χ0v) is 20.5. The lowest BCUT2D eigenvalue weighted by Gasteiger charge is -2.10. The van der Waals surface area contributed by atoms with Gasteiger partial charge in [-0.25, -0.2) is 5.43 Å². The number of hydrogen-bond acceptors (Lipinski definition) is 8. The first-order valence-electron chi connectivity index (χ1n) is 11.1. The highest BCUT2D eigenvalue weighted by Gasteiger charge is 2.17. The molecule has 4 rings (SSSR count). The summed E-state index contributed by atoms with van der Waals surface area (Å²) in [6.45, 7) is 0. The van der Waals surface area contributed by atoms with E-state index in [9.17, 15) is 14.9 Å². The number of nitrogens with one attached hydrogen (secondary N) is 1. The Hall–Kier alpha value is -4.77. The minimum absolute atomic E-state index is 0.0101. The van der Waals surface area contributed by atoms with E-state index in [-0.39, 0.29) is 17.3 Å². The van der Waals surface area contributed by atoms with Gasteiger partial charge in [0.15, 0.2) is 11.0 Å². The van der Waals surface area contributed by atoms with Crippen LogP contribution >= 0.6 is 11.8 Å². The van der Waals surface area contributed by atoms with E-state index in [4.69, 9.17) is 4.74 Å². The first-order valence-corrected chi connectivity index (χ1v) is 12.1. The van der Waals surface area contributed by atoms with Gasteiger partial charge in [0.25, 0.3) is 11.6 Å². The molecule has 0 spiro atoms. The van der Waals surface area contributed by atoms with E-state index in [2.05, 4.69) is 20.7 Å². The van der Waals surface area contributed by atoms with Crippen LogP contribution in [0.1, 0.15) is 5.56 Å². The van der Waals surface area contributed by atoms with Gasteiger partial charge in [-0.2, -0.15) is 5.10 Å². The van der Waals surface area contributed by atoms with Crippen LogP contribution < -0.4 is 10.2 Å². The topological polar surface area (TPSA) is 125 Å². The molecule has 0 saturated heterocycles. The Labute approximate surface area is 216 Å². The second-order valence-electron chi connectivity index (χ2n) is 7.48. The summed E-state index contributed by atoms with van der Waals surface area (Å²) in [6, 6.07) is 23.5. The number of nitrogens with zero attached hydrogens (tertiary/aromatic N) is 5.